The summed E-state index contributed by atoms with van der Waals surface area (Å²) in [7, 11) is 0. The number of benzene rings is 1. The van der Waals surface area contributed by atoms with Crippen LogP contribution in [0.1, 0.15) is 30.1 Å². The minimum absolute atomic E-state index is 0.247. The summed E-state index contributed by atoms with van der Waals surface area (Å²) in [6, 6.07) is 7.19. The molecule has 3 nitrogen and oxygen atoms in total. The highest BCUT2D eigenvalue weighted by Gasteiger charge is 2.29. The standard InChI is InChI=1S/C12H15NO2/c1-12(7-2-8-13-12)15-11-5-3-10(9-14)4-6-11/h3-6,9,13H,2,7-8H2,1H3/t12-/m1/s1. The molecule has 1 aromatic carbocycles. The zero-order valence-electron chi connectivity index (χ0n) is 8.82. The summed E-state index contributed by atoms with van der Waals surface area (Å²) in [6.45, 7) is 3.05. The van der Waals surface area contributed by atoms with Crippen molar-refractivity contribution in [2.24, 2.45) is 0 Å². The highest BCUT2D eigenvalue weighted by atomic mass is 16.5. The highest BCUT2D eigenvalue weighted by molar-refractivity contribution is 5.74. The molecule has 0 bridgehead atoms. The Balaban J connectivity index is 2.07. The first kappa shape index (κ1) is 10.2. The Kier molecular flexibility index (Phi) is 2.73. The molecule has 1 atom stereocenters. The molecule has 0 aliphatic carbocycles. The van der Waals surface area contributed by atoms with Gasteiger partial charge in [0.15, 0.2) is 5.72 Å². The number of carbonyl (C=O) groups excluding carboxylic acids is 1. The monoisotopic (exact) mass is 205 g/mol. The normalized spacial score (nSPS) is 25.1. The van der Waals surface area contributed by atoms with Gasteiger partial charge < -0.3 is 4.74 Å². The van der Waals surface area contributed by atoms with Gasteiger partial charge in [0.2, 0.25) is 0 Å². The molecule has 0 aromatic heterocycles. The topological polar surface area (TPSA) is 38.3 Å². The van der Waals surface area contributed by atoms with Crippen molar-refractivity contribution in [3.8, 4) is 5.75 Å². The van der Waals surface area contributed by atoms with E-state index < -0.39 is 0 Å². The molecule has 0 amide bonds. The Morgan fingerprint density at radius 1 is 1.40 bits per heavy atom. The fourth-order valence-corrected chi connectivity index (χ4v) is 1.83. The molecule has 1 aromatic rings. The lowest BCUT2D eigenvalue weighted by Crippen LogP contribution is -2.42. The Morgan fingerprint density at radius 2 is 2.13 bits per heavy atom. The van der Waals surface area contributed by atoms with E-state index in [9.17, 15) is 4.79 Å². The summed E-state index contributed by atoms with van der Waals surface area (Å²) in [5, 5.41) is 3.32. The Hall–Kier alpha value is -1.35. The number of carbonyl (C=O) groups is 1. The molecule has 0 radical (unpaired) electrons. The second kappa shape index (κ2) is 4.03. The largest absolute Gasteiger partial charge is 0.473 e. The van der Waals surface area contributed by atoms with Crippen LogP contribution in [-0.2, 0) is 0 Å². The molecular weight excluding hydrogens is 190 g/mol. The van der Waals surface area contributed by atoms with E-state index in [0.29, 0.717) is 5.56 Å². The minimum atomic E-state index is -0.247. The van der Waals surface area contributed by atoms with Crippen LogP contribution in [0.5, 0.6) is 5.75 Å². The number of nitrogens with one attached hydrogen (secondary N) is 1. The van der Waals surface area contributed by atoms with Crippen LogP contribution in [0.3, 0.4) is 0 Å². The predicted octanol–water partition coefficient (Wildman–Crippen LogP) is 1.98. The zero-order chi connectivity index (χ0) is 10.7. The Labute approximate surface area is 89.4 Å². The molecular formula is C12H15NO2. The van der Waals surface area contributed by atoms with Crippen LogP contribution in [0, 0.1) is 0 Å². The van der Waals surface area contributed by atoms with E-state index in [1.807, 2.05) is 19.1 Å². The van der Waals surface area contributed by atoms with Crippen molar-refractivity contribution in [3.05, 3.63) is 29.8 Å². The predicted molar refractivity (Wildman–Crippen MR) is 58.1 cm³/mol. The average molecular weight is 205 g/mol. The fourth-order valence-electron chi connectivity index (χ4n) is 1.83. The lowest BCUT2D eigenvalue weighted by Gasteiger charge is -2.26. The second-order valence-corrected chi connectivity index (χ2v) is 4.05. The SMILES string of the molecule is C[C@@]1(Oc2ccc(C=O)cc2)CCCN1. The van der Waals surface area contributed by atoms with Crippen molar-refractivity contribution in [2.45, 2.75) is 25.5 Å². The highest BCUT2D eigenvalue weighted by Crippen LogP contribution is 2.23. The van der Waals surface area contributed by atoms with E-state index >= 15 is 0 Å². The van der Waals surface area contributed by atoms with Crippen LogP contribution >= 0.6 is 0 Å². The number of hydrogen-bond donors (Lipinski definition) is 1. The van der Waals surface area contributed by atoms with Gasteiger partial charge in [-0.25, -0.2) is 0 Å². The molecule has 1 N–H and O–H groups in total. The van der Waals surface area contributed by atoms with Crippen molar-refractivity contribution >= 4 is 6.29 Å². The van der Waals surface area contributed by atoms with E-state index in [4.69, 9.17) is 4.74 Å². The van der Waals surface area contributed by atoms with E-state index in [2.05, 4.69) is 5.32 Å². The molecule has 1 fully saturated rings. The van der Waals surface area contributed by atoms with Crippen LogP contribution in [0.2, 0.25) is 0 Å². The van der Waals surface area contributed by atoms with Crippen molar-refractivity contribution in [1.82, 2.24) is 5.32 Å². The van der Waals surface area contributed by atoms with Crippen molar-refractivity contribution in [3.63, 3.8) is 0 Å². The summed E-state index contributed by atoms with van der Waals surface area (Å²) in [5.74, 6) is 0.803. The quantitative estimate of drug-likeness (QED) is 0.767. The van der Waals surface area contributed by atoms with Gasteiger partial charge in [-0.05, 0) is 44.2 Å². The molecule has 1 saturated heterocycles. The fraction of sp³-hybridized carbons (Fsp3) is 0.417. The van der Waals surface area contributed by atoms with Crippen LogP contribution in [0.4, 0.5) is 0 Å². The maximum atomic E-state index is 10.5. The van der Waals surface area contributed by atoms with Gasteiger partial charge in [-0.1, -0.05) is 0 Å². The van der Waals surface area contributed by atoms with Gasteiger partial charge in [0.05, 0.1) is 0 Å². The van der Waals surface area contributed by atoms with E-state index in [0.717, 1.165) is 31.4 Å². The summed E-state index contributed by atoms with van der Waals surface area (Å²) < 4.78 is 5.84. The van der Waals surface area contributed by atoms with Crippen molar-refractivity contribution < 1.29 is 9.53 Å². The Morgan fingerprint density at radius 3 is 2.67 bits per heavy atom. The number of aldehydes is 1. The summed E-state index contributed by atoms with van der Waals surface area (Å²) in [6.07, 6.45) is 2.99. The first-order valence-electron chi connectivity index (χ1n) is 5.21. The van der Waals surface area contributed by atoms with Gasteiger partial charge in [-0.15, -0.1) is 0 Å². The average Bonchev–Trinajstić information content (AvgIpc) is 2.66. The number of hydrogen-bond acceptors (Lipinski definition) is 3. The van der Waals surface area contributed by atoms with Gasteiger partial charge in [-0.3, -0.25) is 10.1 Å². The maximum Gasteiger partial charge on any atom is 0.158 e. The smallest absolute Gasteiger partial charge is 0.158 e. The van der Waals surface area contributed by atoms with Crippen LogP contribution in [0.15, 0.2) is 24.3 Å². The molecule has 1 aliphatic heterocycles. The third-order valence-electron chi connectivity index (χ3n) is 2.69. The first-order valence-corrected chi connectivity index (χ1v) is 5.21. The molecule has 15 heavy (non-hydrogen) atoms. The van der Waals surface area contributed by atoms with Crippen LogP contribution < -0.4 is 10.1 Å². The molecule has 0 saturated carbocycles. The third-order valence-corrected chi connectivity index (χ3v) is 2.69. The van der Waals surface area contributed by atoms with Gasteiger partial charge in [-0.2, -0.15) is 0 Å². The number of rotatable bonds is 3. The molecule has 1 heterocycles. The lowest BCUT2D eigenvalue weighted by molar-refractivity contribution is 0.0733. The van der Waals surface area contributed by atoms with Crippen molar-refractivity contribution in [2.75, 3.05) is 6.54 Å². The molecule has 1 aliphatic rings. The van der Waals surface area contributed by atoms with E-state index in [1.54, 1.807) is 12.1 Å². The van der Waals surface area contributed by atoms with Gasteiger partial charge in [0, 0.05) is 12.0 Å². The van der Waals surface area contributed by atoms with Crippen LogP contribution in [0.25, 0.3) is 0 Å². The first-order chi connectivity index (χ1) is 7.22. The minimum Gasteiger partial charge on any atom is -0.473 e. The van der Waals surface area contributed by atoms with Gasteiger partial charge in [0.1, 0.15) is 12.0 Å². The number of ether oxygens (including phenoxy) is 1. The second-order valence-electron chi connectivity index (χ2n) is 4.05. The van der Waals surface area contributed by atoms with Crippen LogP contribution in [-0.4, -0.2) is 18.6 Å². The summed E-state index contributed by atoms with van der Waals surface area (Å²) in [4.78, 5) is 10.5. The zero-order valence-corrected chi connectivity index (χ0v) is 8.82. The van der Waals surface area contributed by atoms with Gasteiger partial charge >= 0.3 is 0 Å². The van der Waals surface area contributed by atoms with Crippen molar-refractivity contribution in [1.29, 1.82) is 0 Å². The molecule has 2 rings (SSSR count). The van der Waals surface area contributed by atoms with E-state index in [1.165, 1.54) is 0 Å². The lowest BCUT2D eigenvalue weighted by atomic mass is 10.2. The van der Waals surface area contributed by atoms with Gasteiger partial charge in [0.25, 0.3) is 0 Å². The summed E-state index contributed by atoms with van der Waals surface area (Å²) in [5.41, 5.74) is 0.426. The molecule has 80 valence electrons. The third kappa shape index (κ3) is 2.36. The molecule has 3 heteroatoms. The molecule has 0 spiro atoms. The maximum absolute atomic E-state index is 10.5. The Bertz CT molecular complexity index is 339. The summed E-state index contributed by atoms with van der Waals surface area (Å²) >= 11 is 0. The molecule has 0 unspecified atom stereocenters. The van der Waals surface area contributed by atoms with E-state index in [-0.39, 0.29) is 5.72 Å².